The maximum Gasteiger partial charge on any atom is -0.00857 e. The van der Waals surface area contributed by atoms with Crippen molar-refractivity contribution in [2.45, 2.75) is 27.7 Å². The molecular formula is C14H23P2. The van der Waals surface area contributed by atoms with Crippen LogP contribution in [0.15, 0.2) is 18.2 Å². The zero-order chi connectivity index (χ0) is 12.0. The molecule has 0 N–H and O–H groups in total. The summed E-state index contributed by atoms with van der Waals surface area (Å²) in [6.07, 6.45) is 5.23. The van der Waals surface area contributed by atoms with Crippen molar-refractivity contribution in [3.8, 4) is 0 Å². The van der Waals surface area contributed by atoms with Crippen molar-refractivity contribution in [2.75, 3.05) is 24.6 Å². The largest absolute Gasteiger partial charge is 0.0751 e. The van der Waals surface area contributed by atoms with E-state index in [9.17, 15) is 0 Å². The van der Waals surface area contributed by atoms with Gasteiger partial charge in [0.2, 0.25) is 0 Å². The Bertz CT molecular complexity index is 270. The standard InChI is InChI=1S/C14H23P2/c1-5-15(6-2)13-11-9-10-12-14(13)16(7-3)8-4/h9-11H,5-8H2,1-4H3. The number of hydrogen-bond acceptors (Lipinski definition) is 0. The average Bonchev–Trinajstić information content (AvgIpc) is 2.34. The van der Waals surface area contributed by atoms with Crippen LogP contribution in [0.5, 0.6) is 0 Å². The van der Waals surface area contributed by atoms with Gasteiger partial charge in [-0.3, -0.25) is 0 Å². The van der Waals surface area contributed by atoms with Crippen molar-refractivity contribution in [1.82, 2.24) is 0 Å². The first kappa shape index (κ1) is 14.1. The SMILES string of the molecule is CCP(CC)c1[c]cccc1P(CC)CC. The summed E-state index contributed by atoms with van der Waals surface area (Å²) in [6, 6.07) is 10.1. The predicted molar refractivity (Wildman–Crippen MR) is 80.6 cm³/mol. The summed E-state index contributed by atoms with van der Waals surface area (Å²) in [5.41, 5.74) is 0. The molecule has 0 bridgehead atoms. The van der Waals surface area contributed by atoms with Gasteiger partial charge in [0.05, 0.1) is 0 Å². The Morgan fingerprint density at radius 1 is 0.938 bits per heavy atom. The third kappa shape index (κ3) is 3.28. The Morgan fingerprint density at radius 2 is 1.50 bits per heavy atom. The Kier molecular flexibility index (Phi) is 6.55. The molecule has 0 heterocycles. The van der Waals surface area contributed by atoms with Gasteiger partial charge in [-0.1, -0.05) is 61.7 Å². The van der Waals surface area contributed by atoms with Crippen molar-refractivity contribution in [3.05, 3.63) is 24.3 Å². The molecule has 0 aliphatic heterocycles. The van der Waals surface area contributed by atoms with Crippen LogP contribution in [-0.4, -0.2) is 24.6 Å². The van der Waals surface area contributed by atoms with Gasteiger partial charge in [0.25, 0.3) is 0 Å². The average molecular weight is 253 g/mol. The summed E-state index contributed by atoms with van der Waals surface area (Å²) in [6.45, 7) is 9.29. The Morgan fingerprint density at radius 3 is 2.00 bits per heavy atom. The first-order valence-electron chi connectivity index (χ1n) is 6.28. The van der Waals surface area contributed by atoms with Crippen molar-refractivity contribution in [3.63, 3.8) is 0 Å². The van der Waals surface area contributed by atoms with E-state index < -0.39 is 0 Å². The maximum absolute atomic E-state index is 3.53. The minimum Gasteiger partial charge on any atom is -0.0751 e. The molecule has 0 spiro atoms. The molecule has 0 atom stereocenters. The second-order valence-corrected chi connectivity index (χ2v) is 9.37. The van der Waals surface area contributed by atoms with Crippen LogP contribution in [-0.2, 0) is 0 Å². The third-order valence-electron chi connectivity index (χ3n) is 3.00. The van der Waals surface area contributed by atoms with Gasteiger partial charge in [0, 0.05) is 0 Å². The molecule has 0 fully saturated rings. The molecule has 0 saturated heterocycles. The van der Waals surface area contributed by atoms with Crippen LogP contribution in [0.1, 0.15) is 27.7 Å². The molecule has 0 unspecified atom stereocenters. The molecule has 16 heavy (non-hydrogen) atoms. The van der Waals surface area contributed by atoms with Crippen LogP contribution < -0.4 is 10.6 Å². The smallest absolute Gasteiger partial charge is 0.00857 e. The van der Waals surface area contributed by atoms with Crippen LogP contribution in [0.4, 0.5) is 0 Å². The number of benzene rings is 1. The third-order valence-corrected chi connectivity index (χ3v) is 8.28. The Labute approximate surface area is 103 Å². The lowest BCUT2D eigenvalue weighted by molar-refractivity contribution is 1.41. The van der Waals surface area contributed by atoms with Gasteiger partial charge in [0.15, 0.2) is 0 Å². The molecule has 0 amide bonds. The fraction of sp³-hybridized carbons (Fsp3) is 0.571. The molecule has 0 nitrogen and oxygen atoms in total. The van der Waals surface area contributed by atoms with E-state index in [1.54, 1.807) is 10.6 Å². The minimum absolute atomic E-state index is 0.0446. The van der Waals surface area contributed by atoms with Gasteiger partial charge in [-0.15, -0.1) is 0 Å². The molecule has 1 radical (unpaired) electrons. The van der Waals surface area contributed by atoms with E-state index in [0.717, 1.165) is 0 Å². The number of hydrogen-bond donors (Lipinski definition) is 0. The lowest BCUT2D eigenvalue weighted by Gasteiger charge is -2.22. The van der Waals surface area contributed by atoms with E-state index in [2.05, 4.69) is 52.0 Å². The van der Waals surface area contributed by atoms with Gasteiger partial charge in [0.1, 0.15) is 0 Å². The summed E-state index contributed by atoms with van der Waals surface area (Å²) < 4.78 is 0. The summed E-state index contributed by atoms with van der Waals surface area (Å²) in [4.78, 5) is 0. The molecule has 2 heteroatoms. The highest BCUT2D eigenvalue weighted by atomic mass is 31.1. The predicted octanol–water partition coefficient (Wildman–Crippen LogP) is 3.78. The van der Waals surface area contributed by atoms with E-state index in [0.29, 0.717) is 0 Å². The summed E-state index contributed by atoms with van der Waals surface area (Å²) >= 11 is 0. The quantitative estimate of drug-likeness (QED) is 0.677. The molecule has 0 aromatic heterocycles. The number of rotatable bonds is 6. The zero-order valence-electron chi connectivity index (χ0n) is 11.0. The van der Waals surface area contributed by atoms with Crippen molar-refractivity contribution in [2.24, 2.45) is 0 Å². The van der Waals surface area contributed by atoms with E-state index in [-0.39, 0.29) is 15.8 Å². The van der Waals surface area contributed by atoms with Gasteiger partial charge in [-0.2, -0.15) is 0 Å². The fourth-order valence-electron chi connectivity index (χ4n) is 2.03. The zero-order valence-corrected chi connectivity index (χ0v) is 12.7. The highest BCUT2D eigenvalue weighted by Crippen LogP contribution is 2.39. The first-order chi connectivity index (χ1) is 7.78. The van der Waals surface area contributed by atoms with Crippen LogP contribution in [0.2, 0.25) is 0 Å². The summed E-state index contributed by atoms with van der Waals surface area (Å²) in [7, 11) is 0.114. The molecule has 0 saturated carbocycles. The molecule has 1 rings (SSSR count). The van der Waals surface area contributed by atoms with Crippen LogP contribution >= 0.6 is 15.8 Å². The van der Waals surface area contributed by atoms with Gasteiger partial charge < -0.3 is 0 Å². The molecule has 1 aromatic rings. The summed E-state index contributed by atoms with van der Waals surface area (Å²) in [5.74, 6) is 0. The van der Waals surface area contributed by atoms with E-state index in [1.807, 2.05) is 0 Å². The Balaban J connectivity index is 3.07. The van der Waals surface area contributed by atoms with Gasteiger partial charge in [-0.05, 0) is 41.3 Å². The van der Waals surface area contributed by atoms with Crippen molar-refractivity contribution >= 4 is 26.5 Å². The molecule has 0 aliphatic carbocycles. The topological polar surface area (TPSA) is 0 Å². The molecular weight excluding hydrogens is 230 g/mol. The van der Waals surface area contributed by atoms with Crippen molar-refractivity contribution in [1.29, 1.82) is 0 Å². The Hall–Kier alpha value is 0.0800. The lowest BCUT2D eigenvalue weighted by Crippen LogP contribution is -2.24. The summed E-state index contributed by atoms with van der Waals surface area (Å²) in [5, 5.41) is 3.20. The van der Waals surface area contributed by atoms with Crippen LogP contribution in [0.3, 0.4) is 0 Å². The second kappa shape index (κ2) is 7.41. The maximum atomic E-state index is 3.53. The fourth-order valence-corrected chi connectivity index (χ4v) is 6.41. The van der Waals surface area contributed by atoms with E-state index >= 15 is 0 Å². The second-order valence-electron chi connectivity index (χ2n) is 3.75. The van der Waals surface area contributed by atoms with E-state index in [1.165, 1.54) is 24.6 Å². The van der Waals surface area contributed by atoms with Crippen LogP contribution in [0.25, 0.3) is 0 Å². The minimum atomic E-state index is 0.0446. The molecule has 1 aromatic carbocycles. The van der Waals surface area contributed by atoms with Gasteiger partial charge >= 0.3 is 0 Å². The highest BCUT2D eigenvalue weighted by molar-refractivity contribution is 7.71. The lowest BCUT2D eigenvalue weighted by atomic mass is 10.4. The molecule has 0 aliphatic rings. The van der Waals surface area contributed by atoms with E-state index in [4.69, 9.17) is 0 Å². The first-order valence-corrected chi connectivity index (χ1v) is 9.71. The molecule has 89 valence electrons. The van der Waals surface area contributed by atoms with Crippen molar-refractivity contribution < 1.29 is 0 Å². The van der Waals surface area contributed by atoms with Gasteiger partial charge in [-0.25, -0.2) is 0 Å². The highest BCUT2D eigenvalue weighted by Gasteiger charge is 2.15. The van der Waals surface area contributed by atoms with Crippen LogP contribution in [0, 0.1) is 6.07 Å². The normalized spacial score (nSPS) is 11.4. The monoisotopic (exact) mass is 253 g/mol.